The fourth-order valence-corrected chi connectivity index (χ4v) is 2.52. The molecule has 0 bridgehead atoms. The van der Waals surface area contributed by atoms with Gasteiger partial charge in [0.2, 0.25) is 5.17 Å². The number of Topliss-reactive ketones (excluding diaryl/α,β-unsaturated/α-hetero) is 1. The van der Waals surface area contributed by atoms with E-state index in [4.69, 9.17) is 11.7 Å². The zero-order valence-corrected chi connectivity index (χ0v) is 12.9. The van der Waals surface area contributed by atoms with Crippen molar-refractivity contribution in [2.45, 2.75) is 0 Å². The van der Waals surface area contributed by atoms with Gasteiger partial charge in [0, 0.05) is 5.56 Å². The first kappa shape index (κ1) is 16.7. The number of anilines is 1. The summed E-state index contributed by atoms with van der Waals surface area (Å²) in [5.41, 5.74) is 0.950. The maximum absolute atomic E-state index is 12.1. The molecule has 0 aliphatic rings. The normalized spacial score (nSPS) is 11.3. The molecule has 0 saturated heterocycles. The van der Waals surface area contributed by atoms with E-state index in [0.29, 0.717) is 5.69 Å². The highest BCUT2D eigenvalue weighted by atomic mass is 32.2. The molecule has 120 valence electrons. The molecule has 0 heterocycles. The molecule has 7 nitrogen and oxygen atoms in total. The number of ketones is 1. The minimum Gasteiger partial charge on any atom is -0.504 e. The summed E-state index contributed by atoms with van der Waals surface area (Å²) in [6.07, 6.45) is 0. The molecule has 0 spiro atoms. The van der Waals surface area contributed by atoms with Gasteiger partial charge in [-0.25, -0.2) is 5.84 Å². The van der Waals surface area contributed by atoms with E-state index >= 15 is 0 Å². The van der Waals surface area contributed by atoms with Crippen LogP contribution in [-0.2, 0) is 0 Å². The quantitative estimate of drug-likeness (QED) is 0.167. The largest absolute Gasteiger partial charge is 0.504 e. The van der Waals surface area contributed by atoms with Crippen molar-refractivity contribution >= 4 is 28.4 Å². The van der Waals surface area contributed by atoms with Gasteiger partial charge in [-0.3, -0.25) is 9.80 Å². The number of carbonyl (C=O) groups is 1. The van der Waals surface area contributed by atoms with Gasteiger partial charge in [0.05, 0.1) is 11.4 Å². The highest BCUT2D eigenvalue weighted by Crippen LogP contribution is 2.25. The van der Waals surface area contributed by atoms with E-state index in [2.05, 4.69) is 5.10 Å². The zero-order chi connectivity index (χ0) is 16.8. The Balaban J connectivity index is 2.03. The van der Waals surface area contributed by atoms with Gasteiger partial charge in [0.15, 0.2) is 17.3 Å². The number of phenolic OH excluding ortho intramolecular Hbond substituents is 2. The number of hydrogen-bond acceptors (Lipinski definition) is 7. The molecule has 0 unspecified atom stereocenters. The Morgan fingerprint density at radius 3 is 2.43 bits per heavy atom. The van der Waals surface area contributed by atoms with Crippen LogP contribution in [0.3, 0.4) is 0 Å². The lowest BCUT2D eigenvalue weighted by Gasteiger charge is -2.18. The topological polar surface area (TPSA) is 125 Å². The first-order valence-electron chi connectivity index (χ1n) is 6.58. The molecule has 6 N–H and O–H groups in total. The van der Waals surface area contributed by atoms with Gasteiger partial charge in [-0.05, 0) is 30.3 Å². The molecule has 0 atom stereocenters. The van der Waals surface area contributed by atoms with E-state index in [0.717, 1.165) is 11.8 Å². The van der Waals surface area contributed by atoms with Gasteiger partial charge in [-0.1, -0.05) is 30.0 Å². The van der Waals surface area contributed by atoms with Gasteiger partial charge < -0.3 is 16.1 Å². The van der Waals surface area contributed by atoms with Crippen LogP contribution in [0.25, 0.3) is 0 Å². The van der Waals surface area contributed by atoms with Crippen LogP contribution in [0, 0.1) is 0 Å². The number of nitrogens with two attached hydrogens (primary N) is 2. The fourth-order valence-electron chi connectivity index (χ4n) is 1.78. The van der Waals surface area contributed by atoms with Crippen LogP contribution in [0.5, 0.6) is 11.5 Å². The van der Waals surface area contributed by atoms with Crippen molar-refractivity contribution < 1.29 is 15.0 Å². The van der Waals surface area contributed by atoms with E-state index in [1.54, 1.807) is 12.1 Å². The lowest BCUT2D eigenvalue weighted by Crippen LogP contribution is -2.36. The molecule has 23 heavy (non-hydrogen) atoms. The van der Waals surface area contributed by atoms with Crippen LogP contribution >= 0.6 is 11.8 Å². The molecular formula is C15H16N4O3S. The van der Waals surface area contributed by atoms with Crippen LogP contribution in [0.15, 0.2) is 53.6 Å². The summed E-state index contributed by atoms with van der Waals surface area (Å²) in [5.74, 6) is 10.4. The number of hydrazone groups is 1. The number of aromatic hydroxyl groups is 2. The molecule has 2 aromatic carbocycles. The molecule has 0 saturated carbocycles. The number of nitrogens with zero attached hydrogens (tertiary/aromatic N) is 2. The molecule has 0 radical (unpaired) electrons. The maximum atomic E-state index is 12.1. The van der Waals surface area contributed by atoms with Crippen molar-refractivity contribution in [2.75, 3.05) is 10.8 Å². The number of thioether (sulfide) groups is 1. The number of para-hydroxylation sites is 1. The molecule has 0 amide bonds. The lowest BCUT2D eigenvalue weighted by molar-refractivity contribution is 0.102. The summed E-state index contributed by atoms with van der Waals surface area (Å²) in [6, 6.07) is 12.9. The summed E-state index contributed by atoms with van der Waals surface area (Å²) in [7, 11) is 0. The number of benzene rings is 2. The van der Waals surface area contributed by atoms with Gasteiger partial charge in [-0.15, -0.1) is 0 Å². The first-order chi connectivity index (χ1) is 11.0. The monoisotopic (exact) mass is 332 g/mol. The van der Waals surface area contributed by atoms with Gasteiger partial charge >= 0.3 is 0 Å². The SMILES string of the molecule is N/N=C(/SCC(=O)c1ccc(O)c(O)c1)N(N)c1ccccc1. The number of hydrogen-bond donors (Lipinski definition) is 4. The molecule has 0 aliphatic carbocycles. The van der Waals surface area contributed by atoms with E-state index < -0.39 is 0 Å². The third kappa shape index (κ3) is 4.15. The van der Waals surface area contributed by atoms with E-state index in [9.17, 15) is 15.0 Å². The molecule has 0 fully saturated rings. The summed E-state index contributed by atoms with van der Waals surface area (Å²) in [5, 5.41) is 23.8. The Hall–Kier alpha value is -2.71. The summed E-state index contributed by atoms with van der Waals surface area (Å²) in [6.45, 7) is 0. The average Bonchev–Trinajstić information content (AvgIpc) is 2.58. The van der Waals surface area contributed by atoms with Gasteiger partial charge in [0.25, 0.3) is 0 Å². The van der Waals surface area contributed by atoms with Crippen molar-refractivity contribution in [3.63, 3.8) is 0 Å². The molecule has 2 aromatic rings. The number of amidine groups is 1. The average molecular weight is 332 g/mol. The Labute approximate surface area is 137 Å². The van der Waals surface area contributed by atoms with Crippen molar-refractivity contribution in [3.8, 4) is 11.5 Å². The van der Waals surface area contributed by atoms with Crippen molar-refractivity contribution in [1.29, 1.82) is 0 Å². The standard InChI is InChI=1S/C15H16N4O3S/c16-18-15(19(17)11-4-2-1-3-5-11)23-9-14(22)10-6-7-12(20)13(21)8-10/h1-8,20-21H,9,16-17H2/b18-15+. The van der Waals surface area contributed by atoms with Crippen LogP contribution < -0.4 is 16.7 Å². The van der Waals surface area contributed by atoms with Crippen LogP contribution in [-0.4, -0.2) is 26.9 Å². The predicted octanol–water partition coefficient (Wildman–Crippen LogP) is 1.62. The van der Waals surface area contributed by atoms with E-state index in [1.165, 1.54) is 23.2 Å². The third-order valence-corrected chi connectivity index (χ3v) is 3.95. The molecule has 0 aliphatic heterocycles. The van der Waals surface area contributed by atoms with Crippen molar-refractivity contribution in [3.05, 3.63) is 54.1 Å². The second kappa shape index (κ2) is 7.52. The minimum atomic E-state index is -0.349. The van der Waals surface area contributed by atoms with Gasteiger partial charge in [0.1, 0.15) is 0 Å². The maximum Gasteiger partial charge on any atom is 0.201 e. The lowest BCUT2D eigenvalue weighted by atomic mass is 10.1. The fraction of sp³-hybridized carbons (Fsp3) is 0.0667. The highest BCUT2D eigenvalue weighted by Gasteiger charge is 2.15. The number of rotatable bonds is 4. The first-order valence-corrected chi connectivity index (χ1v) is 7.57. The van der Waals surface area contributed by atoms with Crippen molar-refractivity contribution in [1.82, 2.24) is 0 Å². The highest BCUT2D eigenvalue weighted by molar-refractivity contribution is 8.14. The molecule has 2 rings (SSSR count). The van der Waals surface area contributed by atoms with E-state index in [-0.39, 0.29) is 33.8 Å². The Bertz CT molecular complexity index is 722. The molecule has 8 heteroatoms. The van der Waals surface area contributed by atoms with Crippen LogP contribution in [0.4, 0.5) is 5.69 Å². The molecule has 0 aromatic heterocycles. The summed E-state index contributed by atoms with van der Waals surface area (Å²) in [4.78, 5) is 12.1. The number of hydrazine groups is 1. The Morgan fingerprint density at radius 1 is 1.13 bits per heavy atom. The Kier molecular flexibility index (Phi) is 5.45. The van der Waals surface area contributed by atoms with E-state index in [1.807, 2.05) is 18.2 Å². The second-order valence-electron chi connectivity index (χ2n) is 4.53. The van der Waals surface area contributed by atoms with Gasteiger partial charge in [-0.2, -0.15) is 5.10 Å². The minimum absolute atomic E-state index is 0.0286. The molecular weight excluding hydrogens is 316 g/mol. The van der Waals surface area contributed by atoms with Crippen LogP contribution in [0.2, 0.25) is 0 Å². The zero-order valence-electron chi connectivity index (χ0n) is 12.1. The number of phenols is 2. The number of carbonyl (C=O) groups excluding carboxylic acids is 1. The predicted molar refractivity (Wildman–Crippen MR) is 91.3 cm³/mol. The smallest absolute Gasteiger partial charge is 0.201 e. The summed E-state index contributed by atoms with van der Waals surface area (Å²) < 4.78 is 0. The third-order valence-electron chi connectivity index (χ3n) is 2.98. The van der Waals surface area contributed by atoms with Crippen LogP contribution in [0.1, 0.15) is 10.4 Å². The summed E-state index contributed by atoms with van der Waals surface area (Å²) >= 11 is 1.07. The second-order valence-corrected chi connectivity index (χ2v) is 5.48. The van der Waals surface area contributed by atoms with Crippen molar-refractivity contribution in [2.24, 2.45) is 16.8 Å². The Morgan fingerprint density at radius 2 is 1.83 bits per heavy atom.